The Morgan fingerprint density at radius 3 is 2.58 bits per heavy atom. The molecule has 2 unspecified atom stereocenters. The third-order valence-electron chi connectivity index (χ3n) is 4.28. The maximum atomic E-state index is 12.5. The Bertz CT molecular complexity index is 566. The van der Waals surface area contributed by atoms with Crippen LogP contribution in [0.1, 0.15) is 51.6 Å². The lowest BCUT2D eigenvalue weighted by Crippen LogP contribution is -2.47. The Kier molecular flexibility index (Phi) is 5.99. The molecule has 1 aliphatic heterocycles. The van der Waals surface area contributed by atoms with E-state index in [1.807, 2.05) is 51.1 Å². The predicted molar refractivity (Wildman–Crippen MR) is 95.2 cm³/mol. The summed E-state index contributed by atoms with van der Waals surface area (Å²) in [5.41, 5.74) is 7.04. The molecule has 24 heavy (non-hydrogen) atoms. The summed E-state index contributed by atoms with van der Waals surface area (Å²) in [6.07, 6.45) is 2.06. The molecular weight excluding hydrogens is 302 g/mol. The summed E-state index contributed by atoms with van der Waals surface area (Å²) in [4.78, 5) is 26.7. The second-order valence-corrected chi connectivity index (χ2v) is 7.74. The van der Waals surface area contributed by atoms with E-state index in [2.05, 4.69) is 5.32 Å². The van der Waals surface area contributed by atoms with Gasteiger partial charge in [-0.2, -0.15) is 0 Å². The molecule has 0 saturated carbocycles. The van der Waals surface area contributed by atoms with E-state index in [1.54, 1.807) is 4.90 Å². The Labute approximate surface area is 144 Å². The zero-order chi connectivity index (χ0) is 17.7. The van der Waals surface area contributed by atoms with Crippen LogP contribution in [-0.4, -0.2) is 35.8 Å². The molecule has 5 nitrogen and oxygen atoms in total. The molecule has 2 rings (SSSR count). The lowest BCUT2D eigenvalue weighted by atomic mass is 9.91. The SMILES string of the molecule is CC(C)(C)CC(=O)N1CCCC1C(=O)NCC(N)c1ccccc1. The molecule has 0 spiro atoms. The molecule has 0 radical (unpaired) electrons. The fourth-order valence-electron chi connectivity index (χ4n) is 3.04. The summed E-state index contributed by atoms with van der Waals surface area (Å²) < 4.78 is 0. The van der Waals surface area contributed by atoms with E-state index in [0.29, 0.717) is 19.5 Å². The van der Waals surface area contributed by atoms with E-state index in [4.69, 9.17) is 5.73 Å². The van der Waals surface area contributed by atoms with Crippen LogP contribution in [0, 0.1) is 5.41 Å². The number of rotatable bonds is 5. The number of nitrogens with two attached hydrogens (primary N) is 1. The van der Waals surface area contributed by atoms with E-state index in [0.717, 1.165) is 18.4 Å². The summed E-state index contributed by atoms with van der Waals surface area (Å²) in [5, 5.41) is 2.91. The molecule has 5 heteroatoms. The van der Waals surface area contributed by atoms with Crippen molar-refractivity contribution < 1.29 is 9.59 Å². The zero-order valence-corrected chi connectivity index (χ0v) is 14.9. The lowest BCUT2D eigenvalue weighted by Gasteiger charge is -2.28. The lowest BCUT2D eigenvalue weighted by molar-refractivity contribution is -0.139. The maximum Gasteiger partial charge on any atom is 0.242 e. The van der Waals surface area contributed by atoms with E-state index < -0.39 is 0 Å². The number of nitrogens with one attached hydrogen (secondary N) is 1. The van der Waals surface area contributed by atoms with Gasteiger partial charge in [0.25, 0.3) is 0 Å². The van der Waals surface area contributed by atoms with Crippen molar-refractivity contribution >= 4 is 11.8 Å². The fourth-order valence-corrected chi connectivity index (χ4v) is 3.04. The molecule has 1 saturated heterocycles. The van der Waals surface area contributed by atoms with Crippen LogP contribution in [0.3, 0.4) is 0 Å². The largest absolute Gasteiger partial charge is 0.352 e. The molecule has 132 valence electrons. The molecule has 1 aromatic carbocycles. The normalized spacial score (nSPS) is 19.2. The van der Waals surface area contributed by atoms with Crippen LogP contribution in [0.4, 0.5) is 0 Å². The van der Waals surface area contributed by atoms with Crippen LogP contribution in [-0.2, 0) is 9.59 Å². The summed E-state index contributed by atoms with van der Waals surface area (Å²) in [7, 11) is 0. The van der Waals surface area contributed by atoms with Crippen molar-refractivity contribution in [2.75, 3.05) is 13.1 Å². The smallest absolute Gasteiger partial charge is 0.242 e. The highest BCUT2D eigenvalue weighted by molar-refractivity contribution is 5.88. The number of hydrogen-bond acceptors (Lipinski definition) is 3. The maximum absolute atomic E-state index is 12.5. The molecule has 2 amide bonds. The van der Waals surface area contributed by atoms with Gasteiger partial charge in [0.15, 0.2) is 0 Å². The van der Waals surface area contributed by atoms with E-state index in [-0.39, 0.29) is 29.3 Å². The highest BCUT2D eigenvalue weighted by Gasteiger charge is 2.35. The fraction of sp³-hybridized carbons (Fsp3) is 0.579. The Hall–Kier alpha value is -1.88. The van der Waals surface area contributed by atoms with Gasteiger partial charge >= 0.3 is 0 Å². The van der Waals surface area contributed by atoms with Gasteiger partial charge in [0.05, 0.1) is 0 Å². The molecule has 2 atom stereocenters. The first-order valence-corrected chi connectivity index (χ1v) is 8.65. The minimum atomic E-state index is -0.358. The standard InChI is InChI=1S/C19H29N3O2/c1-19(2,3)12-17(23)22-11-7-10-16(22)18(24)21-13-15(20)14-8-5-4-6-9-14/h4-6,8-9,15-16H,7,10-13,20H2,1-3H3,(H,21,24). The highest BCUT2D eigenvalue weighted by atomic mass is 16.2. The topological polar surface area (TPSA) is 75.4 Å². The molecule has 0 bridgehead atoms. The van der Waals surface area contributed by atoms with Crippen molar-refractivity contribution in [3.63, 3.8) is 0 Å². The van der Waals surface area contributed by atoms with Crippen molar-refractivity contribution in [1.29, 1.82) is 0 Å². The van der Waals surface area contributed by atoms with Crippen LogP contribution in [0.2, 0.25) is 0 Å². The molecule has 1 aromatic rings. The van der Waals surface area contributed by atoms with Gasteiger partial charge in [-0.3, -0.25) is 9.59 Å². The van der Waals surface area contributed by atoms with Gasteiger partial charge in [-0.1, -0.05) is 51.1 Å². The zero-order valence-electron chi connectivity index (χ0n) is 14.9. The number of likely N-dealkylation sites (tertiary alicyclic amines) is 1. The Morgan fingerprint density at radius 1 is 1.29 bits per heavy atom. The van der Waals surface area contributed by atoms with Gasteiger partial charge in [-0.05, 0) is 23.8 Å². The summed E-state index contributed by atoms with van der Waals surface area (Å²) in [5.74, 6) is -0.0337. The summed E-state index contributed by atoms with van der Waals surface area (Å²) in [6.45, 7) is 7.15. The van der Waals surface area contributed by atoms with Crippen LogP contribution in [0.25, 0.3) is 0 Å². The van der Waals surface area contributed by atoms with Gasteiger partial charge in [-0.25, -0.2) is 0 Å². The highest BCUT2D eigenvalue weighted by Crippen LogP contribution is 2.25. The van der Waals surface area contributed by atoms with Gasteiger partial charge in [0, 0.05) is 25.6 Å². The van der Waals surface area contributed by atoms with Crippen molar-refractivity contribution in [3.05, 3.63) is 35.9 Å². The molecule has 0 aromatic heterocycles. The molecule has 3 N–H and O–H groups in total. The van der Waals surface area contributed by atoms with Gasteiger partial charge < -0.3 is 16.0 Å². The van der Waals surface area contributed by atoms with Gasteiger partial charge in [0.2, 0.25) is 11.8 Å². The van der Waals surface area contributed by atoms with E-state index >= 15 is 0 Å². The molecular formula is C19H29N3O2. The number of amides is 2. The Morgan fingerprint density at radius 2 is 1.96 bits per heavy atom. The van der Waals surface area contributed by atoms with Crippen LogP contribution < -0.4 is 11.1 Å². The van der Waals surface area contributed by atoms with Crippen molar-refractivity contribution in [2.45, 2.75) is 52.1 Å². The first-order chi connectivity index (χ1) is 11.3. The molecule has 1 heterocycles. The molecule has 1 fully saturated rings. The third kappa shape index (κ3) is 5.06. The first kappa shape index (κ1) is 18.5. The summed E-state index contributed by atoms with van der Waals surface area (Å²) in [6, 6.07) is 9.10. The third-order valence-corrected chi connectivity index (χ3v) is 4.28. The number of hydrogen-bond donors (Lipinski definition) is 2. The van der Waals surface area contributed by atoms with E-state index in [1.165, 1.54) is 0 Å². The van der Waals surface area contributed by atoms with E-state index in [9.17, 15) is 9.59 Å². The minimum absolute atomic E-state index is 0.0625. The van der Waals surface area contributed by atoms with Gasteiger partial charge in [-0.15, -0.1) is 0 Å². The number of nitrogens with zero attached hydrogens (tertiary/aromatic N) is 1. The average Bonchev–Trinajstić information content (AvgIpc) is 3.01. The number of benzene rings is 1. The minimum Gasteiger partial charge on any atom is -0.352 e. The quantitative estimate of drug-likeness (QED) is 0.869. The Balaban J connectivity index is 1.90. The number of carbonyl (C=O) groups is 2. The molecule has 0 aliphatic carbocycles. The van der Waals surface area contributed by atoms with Crippen molar-refractivity contribution in [2.24, 2.45) is 11.1 Å². The predicted octanol–water partition coefficient (Wildman–Crippen LogP) is 2.23. The van der Waals surface area contributed by atoms with Crippen LogP contribution in [0.5, 0.6) is 0 Å². The number of carbonyl (C=O) groups excluding carboxylic acids is 2. The summed E-state index contributed by atoms with van der Waals surface area (Å²) >= 11 is 0. The van der Waals surface area contributed by atoms with Gasteiger partial charge in [0.1, 0.15) is 6.04 Å². The van der Waals surface area contributed by atoms with Crippen molar-refractivity contribution in [1.82, 2.24) is 10.2 Å². The van der Waals surface area contributed by atoms with Crippen LogP contribution >= 0.6 is 0 Å². The van der Waals surface area contributed by atoms with Crippen molar-refractivity contribution in [3.8, 4) is 0 Å². The molecule has 1 aliphatic rings. The monoisotopic (exact) mass is 331 g/mol. The first-order valence-electron chi connectivity index (χ1n) is 8.65. The second-order valence-electron chi connectivity index (χ2n) is 7.74. The van der Waals surface area contributed by atoms with Crippen LogP contribution in [0.15, 0.2) is 30.3 Å². The average molecular weight is 331 g/mol. The second kappa shape index (κ2) is 7.79.